The van der Waals surface area contributed by atoms with E-state index in [2.05, 4.69) is 32.1 Å². The minimum Gasteiger partial charge on any atom is -0.461 e. The summed E-state index contributed by atoms with van der Waals surface area (Å²) in [6.07, 6.45) is 1.61. The molecule has 4 aromatic rings. The van der Waals surface area contributed by atoms with Crippen LogP contribution in [0.4, 0.5) is 0 Å². The Bertz CT molecular complexity index is 945. The number of aryl methyl sites for hydroxylation is 1. The van der Waals surface area contributed by atoms with Gasteiger partial charge in [0.25, 0.3) is 0 Å². The van der Waals surface area contributed by atoms with Crippen LogP contribution in [0, 0.1) is 6.92 Å². The molecule has 1 aromatic carbocycles. The summed E-state index contributed by atoms with van der Waals surface area (Å²) >= 11 is 1.59. The molecule has 0 aliphatic carbocycles. The molecule has 0 saturated carbocycles. The third-order valence-electron chi connectivity index (χ3n) is 3.76. The Labute approximate surface area is 148 Å². The summed E-state index contributed by atoms with van der Waals surface area (Å²) in [5.41, 5.74) is 2.05. The Balaban J connectivity index is 1.47. The van der Waals surface area contributed by atoms with Gasteiger partial charge in [0.05, 0.1) is 18.5 Å². The molecule has 0 bridgehead atoms. The molecule has 4 rings (SSSR count). The van der Waals surface area contributed by atoms with Gasteiger partial charge in [0.2, 0.25) is 5.76 Å². The SMILES string of the molecule is Cc1nnc(SCc2cc(-c3ccco3)on2)n1Cc1ccccc1. The summed E-state index contributed by atoms with van der Waals surface area (Å²) in [7, 11) is 0. The molecule has 0 radical (unpaired) electrons. The lowest BCUT2D eigenvalue weighted by molar-refractivity contribution is 0.413. The normalized spacial score (nSPS) is 11.1. The van der Waals surface area contributed by atoms with E-state index in [1.54, 1.807) is 18.0 Å². The first-order valence-corrected chi connectivity index (χ1v) is 8.84. The van der Waals surface area contributed by atoms with Crippen molar-refractivity contribution in [2.24, 2.45) is 0 Å². The second kappa shape index (κ2) is 6.98. The predicted octanol–water partition coefficient (Wildman–Crippen LogP) is 4.18. The first-order valence-electron chi connectivity index (χ1n) is 7.85. The summed E-state index contributed by atoms with van der Waals surface area (Å²) in [5, 5.41) is 13.4. The van der Waals surface area contributed by atoms with Crippen LogP contribution in [-0.2, 0) is 12.3 Å². The van der Waals surface area contributed by atoms with E-state index in [4.69, 9.17) is 8.94 Å². The number of nitrogens with zero attached hydrogens (tertiary/aromatic N) is 4. The van der Waals surface area contributed by atoms with Gasteiger partial charge in [0.15, 0.2) is 10.9 Å². The van der Waals surface area contributed by atoms with E-state index in [1.807, 2.05) is 43.3 Å². The highest BCUT2D eigenvalue weighted by Crippen LogP contribution is 2.26. The lowest BCUT2D eigenvalue weighted by atomic mass is 10.2. The minimum atomic E-state index is 0.627. The first-order chi connectivity index (χ1) is 12.3. The predicted molar refractivity (Wildman–Crippen MR) is 94.1 cm³/mol. The van der Waals surface area contributed by atoms with Crippen LogP contribution >= 0.6 is 11.8 Å². The summed E-state index contributed by atoms with van der Waals surface area (Å²) in [5.74, 6) is 2.84. The molecule has 0 N–H and O–H groups in total. The van der Waals surface area contributed by atoms with E-state index in [0.29, 0.717) is 17.3 Å². The monoisotopic (exact) mass is 352 g/mol. The highest BCUT2D eigenvalue weighted by molar-refractivity contribution is 7.98. The number of benzene rings is 1. The number of thioether (sulfide) groups is 1. The average Bonchev–Trinajstić information content (AvgIpc) is 3.37. The van der Waals surface area contributed by atoms with E-state index in [0.717, 1.165) is 23.2 Å². The van der Waals surface area contributed by atoms with Gasteiger partial charge in [-0.2, -0.15) is 0 Å². The van der Waals surface area contributed by atoms with Crippen LogP contribution in [0.15, 0.2) is 68.9 Å². The maximum atomic E-state index is 5.33. The topological polar surface area (TPSA) is 69.9 Å². The lowest BCUT2D eigenvalue weighted by Gasteiger charge is -2.07. The second-order valence-electron chi connectivity index (χ2n) is 5.55. The molecule has 25 heavy (non-hydrogen) atoms. The van der Waals surface area contributed by atoms with Gasteiger partial charge in [-0.05, 0) is 24.6 Å². The molecule has 7 heteroatoms. The van der Waals surface area contributed by atoms with Crippen molar-refractivity contribution in [2.75, 3.05) is 0 Å². The highest BCUT2D eigenvalue weighted by atomic mass is 32.2. The maximum absolute atomic E-state index is 5.33. The minimum absolute atomic E-state index is 0.627. The number of hydrogen-bond donors (Lipinski definition) is 0. The molecule has 6 nitrogen and oxygen atoms in total. The van der Waals surface area contributed by atoms with E-state index in [9.17, 15) is 0 Å². The van der Waals surface area contributed by atoms with Crippen LogP contribution in [0.2, 0.25) is 0 Å². The summed E-state index contributed by atoms with van der Waals surface area (Å²) in [6, 6.07) is 15.8. The molecule has 0 unspecified atom stereocenters. The fraction of sp³-hybridized carbons (Fsp3) is 0.167. The number of furan rings is 1. The molecule has 0 saturated heterocycles. The van der Waals surface area contributed by atoms with Gasteiger partial charge in [-0.25, -0.2) is 0 Å². The number of rotatable bonds is 6. The van der Waals surface area contributed by atoms with Gasteiger partial charge in [-0.1, -0.05) is 47.3 Å². The Morgan fingerprint density at radius 3 is 2.72 bits per heavy atom. The van der Waals surface area contributed by atoms with Crippen LogP contribution in [0.5, 0.6) is 0 Å². The van der Waals surface area contributed by atoms with Gasteiger partial charge in [0.1, 0.15) is 5.82 Å². The molecule has 126 valence electrons. The van der Waals surface area contributed by atoms with Crippen LogP contribution in [-0.4, -0.2) is 19.9 Å². The zero-order chi connectivity index (χ0) is 17.1. The van der Waals surface area contributed by atoms with Crippen LogP contribution in [0.1, 0.15) is 17.1 Å². The van der Waals surface area contributed by atoms with Crippen molar-refractivity contribution >= 4 is 11.8 Å². The molecule has 0 atom stereocenters. The second-order valence-corrected chi connectivity index (χ2v) is 6.49. The summed E-state index contributed by atoms with van der Waals surface area (Å²) in [6.45, 7) is 2.71. The molecule has 0 spiro atoms. The zero-order valence-corrected chi connectivity index (χ0v) is 14.4. The van der Waals surface area contributed by atoms with Crippen molar-refractivity contribution in [3.8, 4) is 11.5 Å². The van der Waals surface area contributed by atoms with Crippen LogP contribution in [0.3, 0.4) is 0 Å². The van der Waals surface area contributed by atoms with Crippen molar-refractivity contribution in [1.82, 2.24) is 19.9 Å². The summed E-state index contributed by atoms with van der Waals surface area (Å²) < 4.78 is 12.8. The average molecular weight is 352 g/mol. The molecule has 0 aliphatic heterocycles. The fourth-order valence-corrected chi connectivity index (χ4v) is 3.33. The van der Waals surface area contributed by atoms with Gasteiger partial charge in [0, 0.05) is 11.8 Å². The Hall–Kier alpha value is -2.80. The molecule has 0 aliphatic rings. The first kappa shape index (κ1) is 15.7. The van der Waals surface area contributed by atoms with E-state index >= 15 is 0 Å². The van der Waals surface area contributed by atoms with Gasteiger partial charge in [-0.3, -0.25) is 0 Å². The third kappa shape index (κ3) is 3.51. The Morgan fingerprint density at radius 2 is 1.92 bits per heavy atom. The van der Waals surface area contributed by atoms with Crippen LogP contribution < -0.4 is 0 Å². The maximum Gasteiger partial charge on any atom is 0.202 e. The lowest BCUT2D eigenvalue weighted by Crippen LogP contribution is -2.03. The summed E-state index contributed by atoms with van der Waals surface area (Å²) in [4.78, 5) is 0. The van der Waals surface area contributed by atoms with Crippen molar-refractivity contribution in [2.45, 2.75) is 24.4 Å². The zero-order valence-electron chi connectivity index (χ0n) is 13.6. The van der Waals surface area contributed by atoms with Crippen LogP contribution in [0.25, 0.3) is 11.5 Å². The van der Waals surface area contributed by atoms with Gasteiger partial charge in [-0.15, -0.1) is 10.2 Å². The Kier molecular flexibility index (Phi) is 4.39. The van der Waals surface area contributed by atoms with Crippen molar-refractivity contribution < 1.29 is 8.94 Å². The Morgan fingerprint density at radius 1 is 1.04 bits per heavy atom. The molecular weight excluding hydrogens is 336 g/mol. The number of hydrogen-bond acceptors (Lipinski definition) is 6. The molecule has 0 amide bonds. The highest BCUT2D eigenvalue weighted by Gasteiger charge is 2.13. The molecular formula is C18H16N4O2S. The fourth-order valence-electron chi connectivity index (χ4n) is 2.47. The van der Waals surface area contributed by atoms with E-state index in [-0.39, 0.29) is 0 Å². The number of aromatic nitrogens is 4. The van der Waals surface area contributed by atoms with Gasteiger partial charge >= 0.3 is 0 Å². The van der Waals surface area contributed by atoms with Crippen molar-refractivity contribution in [3.63, 3.8) is 0 Å². The van der Waals surface area contributed by atoms with Crippen molar-refractivity contribution in [1.29, 1.82) is 0 Å². The van der Waals surface area contributed by atoms with Crippen molar-refractivity contribution in [3.05, 3.63) is 71.9 Å². The largest absolute Gasteiger partial charge is 0.461 e. The third-order valence-corrected chi connectivity index (χ3v) is 4.76. The van der Waals surface area contributed by atoms with E-state index < -0.39 is 0 Å². The van der Waals surface area contributed by atoms with E-state index in [1.165, 1.54) is 5.56 Å². The van der Waals surface area contributed by atoms with Gasteiger partial charge < -0.3 is 13.5 Å². The quantitative estimate of drug-likeness (QED) is 0.485. The molecule has 0 fully saturated rings. The molecule has 3 aromatic heterocycles. The smallest absolute Gasteiger partial charge is 0.202 e. The standard InChI is InChI=1S/C18H16N4O2S/c1-13-19-20-18(22(13)11-14-6-3-2-4-7-14)25-12-15-10-17(24-21-15)16-8-5-9-23-16/h2-10H,11-12H2,1H3. The molecule has 3 heterocycles.